The molecular formula is C34H42O21. The van der Waals surface area contributed by atoms with Gasteiger partial charge in [0.25, 0.3) is 0 Å². The average Bonchev–Trinajstić information content (AvgIpc) is 3.16. The van der Waals surface area contributed by atoms with E-state index in [9.17, 15) is 66.1 Å². The lowest BCUT2D eigenvalue weighted by atomic mass is 9.97. The zero-order valence-corrected chi connectivity index (χ0v) is 29.0. The molecule has 0 saturated carbocycles. The van der Waals surface area contributed by atoms with Crippen molar-refractivity contribution in [3.8, 4) is 40.1 Å². The molecule has 2 aromatic carbocycles. The third-order valence-electron chi connectivity index (χ3n) is 9.61. The zero-order chi connectivity index (χ0) is 40.0. The standard InChI is InChI=1S/C34H42O21/c1-10-20(39)24(43)27(46)32(49-10)50-12-6-14(38)19-16(7-12)51-29(11-3-4-13(37)15(5-11)48-2)30(23(19)42)54-34-31(26(45)22(41)18(9-36)53-34)55-33-28(47)25(44)21(40)17(8-35)52-33/h3-7,10,17-18,20-22,24-28,31-41,43-47H,8-9H2,1-2H3/t10-,17+,18+,20-,21+,22+,24+,25-,26-,27+,28+,31+,32-,33-,34-/m1/s1. The van der Waals surface area contributed by atoms with Crippen LogP contribution in [0, 0.1) is 0 Å². The first-order valence-electron chi connectivity index (χ1n) is 16.9. The minimum atomic E-state index is -2.01. The van der Waals surface area contributed by atoms with Gasteiger partial charge in [0.1, 0.15) is 83.5 Å². The maximum Gasteiger partial charge on any atom is 0.239 e. The van der Waals surface area contributed by atoms with E-state index in [4.69, 9.17) is 37.6 Å². The number of fused-ring (bicyclic) bond motifs is 1. The van der Waals surface area contributed by atoms with Gasteiger partial charge in [0.2, 0.25) is 23.8 Å². The van der Waals surface area contributed by atoms with Crippen LogP contribution in [0.25, 0.3) is 22.3 Å². The molecule has 3 aliphatic heterocycles. The number of phenolic OH excluding ortho intramolecular Hbond substituents is 2. The molecule has 3 fully saturated rings. The normalized spacial score (nSPS) is 36.8. The monoisotopic (exact) mass is 786 g/mol. The van der Waals surface area contributed by atoms with Crippen molar-refractivity contribution in [2.24, 2.45) is 0 Å². The van der Waals surface area contributed by atoms with Crippen LogP contribution in [0.2, 0.25) is 0 Å². The molecule has 6 rings (SSSR count). The fraction of sp³-hybridized carbons (Fsp3) is 0.559. The van der Waals surface area contributed by atoms with E-state index in [2.05, 4.69) is 0 Å². The lowest BCUT2D eigenvalue weighted by molar-refractivity contribution is -0.358. The lowest BCUT2D eigenvalue weighted by Crippen LogP contribution is -2.65. The van der Waals surface area contributed by atoms with Gasteiger partial charge in [0.05, 0.1) is 26.4 Å². The van der Waals surface area contributed by atoms with Crippen LogP contribution in [0.5, 0.6) is 28.7 Å². The highest BCUT2D eigenvalue weighted by atomic mass is 16.8. The van der Waals surface area contributed by atoms with Gasteiger partial charge in [0.15, 0.2) is 29.7 Å². The van der Waals surface area contributed by atoms with Gasteiger partial charge in [-0.15, -0.1) is 0 Å². The Morgan fingerprint density at radius 1 is 0.673 bits per heavy atom. The smallest absolute Gasteiger partial charge is 0.239 e. The fourth-order valence-electron chi connectivity index (χ4n) is 6.43. The summed E-state index contributed by atoms with van der Waals surface area (Å²) in [5.74, 6) is -2.58. The molecule has 4 heterocycles. The van der Waals surface area contributed by atoms with Crippen molar-refractivity contribution >= 4 is 11.0 Å². The van der Waals surface area contributed by atoms with Crippen LogP contribution in [0.3, 0.4) is 0 Å². The Kier molecular flexibility index (Phi) is 12.1. The number of hydrogen-bond donors (Lipinski definition) is 12. The molecule has 0 spiro atoms. The second kappa shape index (κ2) is 16.3. The van der Waals surface area contributed by atoms with E-state index in [1.165, 1.54) is 32.2 Å². The van der Waals surface area contributed by atoms with Gasteiger partial charge < -0.3 is 98.9 Å². The molecule has 0 radical (unpaired) electrons. The number of benzene rings is 2. The molecule has 21 heteroatoms. The number of ether oxygens (including phenoxy) is 7. The number of aliphatic hydroxyl groups is 10. The minimum absolute atomic E-state index is 0.00735. The van der Waals surface area contributed by atoms with Crippen molar-refractivity contribution < 1.29 is 98.9 Å². The first-order chi connectivity index (χ1) is 26.1. The minimum Gasteiger partial charge on any atom is -0.507 e. The molecule has 0 bridgehead atoms. The average molecular weight is 787 g/mol. The van der Waals surface area contributed by atoms with Crippen LogP contribution in [0.1, 0.15) is 6.92 Å². The van der Waals surface area contributed by atoms with E-state index in [0.717, 1.165) is 12.1 Å². The topological polar surface area (TPSA) is 338 Å². The first kappa shape index (κ1) is 40.7. The summed E-state index contributed by atoms with van der Waals surface area (Å²) in [4.78, 5) is 14.3. The fourth-order valence-corrected chi connectivity index (χ4v) is 6.43. The second-order valence-electron chi connectivity index (χ2n) is 13.2. The molecule has 304 valence electrons. The summed E-state index contributed by atoms with van der Waals surface area (Å²) in [6.07, 6.45) is -25.7. The number of aromatic hydroxyl groups is 2. The van der Waals surface area contributed by atoms with Crippen molar-refractivity contribution in [1.29, 1.82) is 0 Å². The quantitative estimate of drug-likeness (QED) is 0.0934. The highest BCUT2D eigenvalue weighted by molar-refractivity contribution is 5.88. The summed E-state index contributed by atoms with van der Waals surface area (Å²) in [6, 6.07) is 5.80. The van der Waals surface area contributed by atoms with Gasteiger partial charge in [-0.1, -0.05) is 0 Å². The largest absolute Gasteiger partial charge is 0.507 e. The molecule has 12 N–H and O–H groups in total. The zero-order valence-electron chi connectivity index (χ0n) is 29.0. The maximum atomic E-state index is 14.3. The van der Waals surface area contributed by atoms with Crippen LogP contribution >= 0.6 is 0 Å². The van der Waals surface area contributed by atoms with Crippen molar-refractivity contribution in [3.05, 3.63) is 40.6 Å². The number of phenols is 2. The Bertz CT molecular complexity index is 1870. The summed E-state index contributed by atoms with van der Waals surface area (Å²) in [5.41, 5.74) is -1.44. The Labute approximate surface area is 309 Å². The van der Waals surface area contributed by atoms with E-state index >= 15 is 0 Å². The van der Waals surface area contributed by atoms with Crippen molar-refractivity contribution in [1.82, 2.24) is 0 Å². The predicted octanol–water partition coefficient (Wildman–Crippen LogP) is -3.91. The number of aliphatic hydroxyl groups excluding tert-OH is 10. The molecule has 21 nitrogen and oxygen atoms in total. The van der Waals surface area contributed by atoms with Gasteiger partial charge >= 0.3 is 0 Å². The summed E-state index contributed by atoms with van der Waals surface area (Å²) in [6.45, 7) is -0.308. The highest BCUT2D eigenvalue weighted by Crippen LogP contribution is 2.41. The number of methoxy groups -OCH3 is 1. The van der Waals surface area contributed by atoms with Crippen molar-refractivity contribution in [2.45, 2.75) is 99.0 Å². The van der Waals surface area contributed by atoms with E-state index in [0.29, 0.717) is 0 Å². The Balaban J connectivity index is 1.44. The Hall–Kier alpha value is -3.91. The third kappa shape index (κ3) is 7.65. The van der Waals surface area contributed by atoms with E-state index in [1.54, 1.807) is 0 Å². The Morgan fingerprint density at radius 3 is 1.95 bits per heavy atom. The molecule has 0 amide bonds. The van der Waals surface area contributed by atoms with Gasteiger partial charge in [0, 0.05) is 17.7 Å². The summed E-state index contributed by atoms with van der Waals surface area (Å²) in [5, 5.41) is 124. The number of hydrogen-bond acceptors (Lipinski definition) is 21. The molecule has 3 saturated heterocycles. The van der Waals surface area contributed by atoms with Crippen LogP contribution in [0.4, 0.5) is 0 Å². The molecule has 55 heavy (non-hydrogen) atoms. The third-order valence-corrected chi connectivity index (χ3v) is 9.61. The van der Waals surface area contributed by atoms with Crippen LogP contribution < -0.4 is 19.6 Å². The molecule has 15 atom stereocenters. The highest BCUT2D eigenvalue weighted by Gasteiger charge is 2.52. The molecular weight excluding hydrogens is 744 g/mol. The van der Waals surface area contributed by atoms with Crippen LogP contribution in [-0.2, 0) is 18.9 Å². The van der Waals surface area contributed by atoms with Crippen LogP contribution in [-0.4, -0.2) is 174 Å². The molecule has 0 unspecified atom stereocenters. The maximum absolute atomic E-state index is 14.3. The molecule has 0 aliphatic carbocycles. The first-order valence-corrected chi connectivity index (χ1v) is 16.9. The van der Waals surface area contributed by atoms with Gasteiger partial charge in [-0.2, -0.15) is 0 Å². The lowest BCUT2D eigenvalue weighted by Gasteiger charge is -2.45. The summed E-state index contributed by atoms with van der Waals surface area (Å²) >= 11 is 0. The van der Waals surface area contributed by atoms with Crippen molar-refractivity contribution in [3.63, 3.8) is 0 Å². The van der Waals surface area contributed by atoms with Gasteiger partial charge in [-0.05, 0) is 25.1 Å². The van der Waals surface area contributed by atoms with Gasteiger partial charge in [-0.3, -0.25) is 4.79 Å². The van der Waals surface area contributed by atoms with E-state index in [-0.39, 0.29) is 28.4 Å². The van der Waals surface area contributed by atoms with Crippen molar-refractivity contribution in [2.75, 3.05) is 20.3 Å². The van der Waals surface area contributed by atoms with E-state index < -0.39 is 133 Å². The summed E-state index contributed by atoms with van der Waals surface area (Å²) in [7, 11) is 1.24. The predicted molar refractivity (Wildman–Crippen MR) is 178 cm³/mol. The second-order valence-corrected chi connectivity index (χ2v) is 13.2. The van der Waals surface area contributed by atoms with Gasteiger partial charge in [-0.25, -0.2) is 0 Å². The number of rotatable bonds is 10. The van der Waals surface area contributed by atoms with Crippen LogP contribution in [0.15, 0.2) is 39.5 Å². The molecule has 3 aliphatic rings. The summed E-state index contributed by atoms with van der Waals surface area (Å²) < 4.78 is 45.2. The van der Waals surface area contributed by atoms with E-state index in [1.807, 2.05) is 0 Å². The molecule has 3 aromatic rings. The Morgan fingerprint density at radius 2 is 1.29 bits per heavy atom. The SMILES string of the molecule is COc1cc(-c2oc3cc(O[C@H]4O[C@H](C)[C@@H](O)[C@H](O)[C@@H]4O)cc(O)c3c(=O)c2O[C@H]2O[C@@H](CO)[C@H](O)[C@@H](O)[C@@H]2O[C@H]2O[C@@H](CO)[C@H](O)[C@@H](O)[C@@H]2O)ccc1O. The molecule has 1 aromatic heterocycles.